The van der Waals surface area contributed by atoms with Gasteiger partial charge in [0.1, 0.15) is 5.82 Å². The topological polar surface area (TPSA) is 142 Å². The van der Waals surface area contributed by atoms with E-state index in [9.17, 15) is 14.7 Å². The van der Waals surface area contributed by atoms with Crippen molar-refractivity contribution in [3.05, 3.63) is 126 Å². The van der Waals surface area contributed by atoms with E-state index >= 15 is 0 Å². The molecule has 256 valence electrons. The summed E-state index contributed by atoms with van der Waals surface area (Å²) in [6.45, 7) is 6.70. The van der Waals surface area contributed by atoms with Crippen molar-refractivity contribution in [3.8, 4) is 33.9 Å². The number of aromatic amines is 1. The molecular formula is C41H43N5O4. The van der Waals surface area contributed by atoms with Gasteiger partial charge >= 0.3 is 5.97 Å². The van der Waals surface area contributed by atoms with Crippen molar-refractivity contribution in [3.63, 3.8) is 0 Å². The molecule has 0 aliphatic heterocycles. The number of amides is 1. The van der Waals surface area contributed by atoms with E-state index in [1.54, 1.807) is 24.3 Å². The monoisotopic (exact) mass is 669 g/mol. The summed E-state index contributed by atoms with van der Waals surface area (Å²) in [6.07, 6.45) is 3.21. The van der Waals surface area contributed by atoms with Gasteiger partial charge in [0.15, 0.2) is 6.10 Å². The number of carbonyl (C=O) groups is 2. The number of carboxylic acids is 1. The Labute approximate surface area is 292 Å². The summed E-state index contributed by atoms with van der Waals surface area (Å²) >= 11 is 0. The smallest absolute Gasteiger partial charge is 0.332 e. The van der Waals surface area contributed by atoms with Crippen LogP contribution in [0.15, 0.2) is 109 Å². The third kappa shape index (κ3) is 9.21. The fourth-order valence-electron chi connectivity index (χ4n) is 5.71. The van der Waals surface area contributed by atoms with Crippen LogP contribution in [0.3, 0.4) is 0 Å². The molecule has 0 saturated heterocycles. The summed E-state index contributed by atoms with van der Waals surface area (Å²) in [4.78, 5) is 34.3. The van der Waals surface area contributed by atoms with Crippen LogP contribution < -0.4 is 10.2 Å². The Kier molecular flexibility index (Phi) is 12.1. The molecule has 0 fully saturated rings. The molecule has 1 atom stereocenters. The molecule has 5 aromatic rings. The Morgan fingerprint density at radius 3 is 2.16 bits per heavy atom. The van der Waals surface area contributed by atoms with E-state index in [4.69, 9.17) is 15.5 Å². The molecule has 0 aliphatic rings. The number of H-pyrrole nitrogens is 1. The number of aliphatic hydroxyl groups excluding tert-OH is 1. The molecule has 0 radical (unpaired) electrons. The number of aryl methyl sites for hydroxylation is 1. The fraction of sp³-hybridized carbons (Fsp3) is 0.220. The average Bonchev–Trinajstić information content (AvgIpc) is 3.59. The highest BCUT2D eigenvalue weighted by Crippen LogP contribution is 2.34. The first-order valence-electron chi connectivity index (χ1n) is 16.9. The normalized spacial score (nSPS) is 11.7. The van der Waals surface area contributed by atoms with Crippen molar-refractivity contribution in [1.29, 1.82) is 5.41 Å². The molecule has 9 heteroatoms. The van der Waals surface area contributed by atoms with Crippen LogP contribution in [0.4, 0.5) is 5.69 Å². The van der Waals surface area contributed by atoms with Crippen LogP contribution in [-0.2, 0) is 16.0 Å². The zero-order chi connectivity index (χ0) is 35.5. The van der Waals surface area contributed by atoms with Crippen LogP contribution in [0.25, 0.3) is 40.0 Å². The molecule has 50 heavy (non-hydrogen) atoms. The average molecular weight is 670 g/mol. The first-order chi connectivity index (χ1) is 24.2. The molecule has 0 spiro atoms. The quantitative estimate of drug-likeness (QED) is 0.0427. The summed E-state index contributed by atoms with van der Waals surface area (Å²) in [7, 11) is 0. The molecular weight excluding hydrogens is 626 g/mol. The molecule has 4 aromatic carbocycles. The van der Waals surface area contributed by atoms with E-state index in [1.165, 1.54) is 5.56 Å². The third-order valence-electron chi connectivity index (χ3n) is 8.57. The van der Waals surface area contributed by atoms with Gasteiger partial charge in [-0.15, -0.1) is 0 Å². The van der Waals surface area contributed by atoms with Crippen LogP contribution >= 0.6 is 0 Å². The van der Waals surface area contributed by atoms with Crippen molar-refractivity contribution in [2.24, 2.45) is 0 Å². The molecule has 1 aromatic heterocycles. The van der Waals surface area contributed by atoms with Crippen LogP contribution in [0.5, 0.6) is 0 Å². The van der Waals surface area contributed by atoms with Crippen molar-refractivity contribution in [2.75, 3.05) is 24.5 Å². The first kappa shape index (κ1) is 35.5. The molecule has 1 heterocycles. The Morgan fingerprint density at radius 2 is 1.52 bits per heavy atom. The lowest BCUT2D eigenvalue weighted by Crippen LogP contribution is -2.23. The van der Waals surface area contributed by atoms with Gasteiger partial charge < -0.3 is 30.8 Å². The molecule has 0 bridgehead atoms. The van der Waals surface area contributed by atoms with Gasteiger partial charge in [-0.1, -0.05) is 78.9 Å². The lowest BCUT2D eigenvalue weighted by atomic mass is 9.99. The van der Waals surface area contributed by atoms with E-state index in [1.807, 2.05) is 54.6 Å². The minimum atomic E-state index is -1.63. The number of aromatic nitrogens is 2. The van der Waals surface area contributed by atoms with E-state index in [-0.39, 0.29) is 18.0 Å². The number of imidazole rings is 1. The van der Waals surface area contributed by atoms with Crippen molar-refractivity contribution in [1.82, 2.24) is 15.3 Å². The second kappa shape index (κ2) is 17.0. The Bertz CT molecular complexity index is 1910. The summed E-state index contributed by atoms with van der Waals surface area (Å²) < 4.78 is 0. The summed E-state index contributed by atoms with van der Waals surface area (Å²) in [5.41, 5.74) is 8.01. The molecule has 5 N–H and O–H groups in total. The van der Waals surface area contributed by atoms with Gasteiger partial charge in [-0.05, 0) is 73.7 Å². The van der Waals surface area contributed by atoms with Crippen LogP contribution in [0.2, 0.25) is 0 Å². The lowest BCUT2D eigenvalue weighted by Gasteiger charge is -2.20. The van der Waals surface area contributed by atoms with Gasteiger partial charge in [-0.2, -0.15) is 0 Å². The van der Waals surface area contributed by atoms with Gasteiger partial charge in [-0.3, -0.25) is 4.79 Å². The molecule has 0 aliphatic carbocycles. The van der Waals surface area contributed by atoms with Crippen molar-refractivity contribution >= 4 is 29.4 Å². The third-order valence-corrected chi connectivity index (χ3v) is 8.57. The van der Waals surface area contributed by atoms with Gasteiger partial charge in [0.2, 0.25) is 5.91 Å². The predicted molar refractivity (Wildman–Crippen MR) is 200 cm³/mol. The number of hydrogen-bond acceptors (Lipinski definition) is 6. The van der Waals surface area contributed by atoms with E-state index in [0.29, 0.717) is 17.9 Å². The Balaban J connectivity index is 1.35. The highest BCUT2D eigenvalue weighted by molar-refractivity contribution is 6.00. The maximum absolute atomic E-state index is 12.4. The van der Waals surface area contributed by atoms with Gasteiger partial charge in [-0.25, -0.2) is 9.78 Å². The van der Waals surface area contributed by atoms with Crippen molar-refractivity contribution < 1.29 is 19.8 Å². The molecule has 5 rings (SSSR count). The van der Waals surface area contributed by atoms with Crippen LogP contribution in [0, 0.1) is 5.41 Å². The second-order valence-corrected chi connectivity index (χ2v) is 12.0. The van der Waals surface area contributed by atoms with Gasteiger partial charge in [0.25, 0.3) is 0 Å². The summed E-state index contributed by atoms with van der Waals surface area (Å²) in [5.74, 6) is -0.788. The number of aliphatic hydroxyl groups is 1. The molecule has 1 unspecified atom stereocenters. The fourth-order valence-corrected chi connectivity index (χ4v) is 5.71. The summed E-state index contributed by atoms with van der Waals surface area (Å²) in [6, 6.07) is 33.6. The number of aliphatic carboxylic acids is 1. The van der Waals surface area contributed by atoms with Gasteiger partial charge in [0, 0.05) is 60.2 Å². The molecule has 9 nitrogen and oxygen atoms in total. The minimum Gasteiger partial charge on any atom is -0.479 e. The number of rotatable bonds is 16. The number of hydrogen-bond donors (Lipinski definition) is 5. The van der Waals surface area contributed by atoms with Gasteiger partial charge in [0.05, 0.1) is 11.4 Å². The zero-order valence-corrected chi connectivity index (χ0v) is 28.4. The number of benzene rings is 4. The zero-order valence-electron chi connectivity index (χ0n) is 28.4. The Morgan fingerprint density at radius 1 is 0.880 bits per heavy atom. The highest BCUT2D eigenvalue weighted by atomic mass is 16.4. The largest absolute Gasteiger partial charge is 0.479 e. The van der Waals surface area contributed by atoms with E-state index in [2.05, 4.69) is 65.4 Å². The van der Waals surface area contributed by atoms with Crippen LogP contribution in [-0.4, -0.2) is 63.5 Å². The maximum Gasteiger partial charge on any atom is 0.332 e. The highest BCUT2D eigenvalue weighted by Gasteiger charge is 2.19. The number of anilines is 1. The first-order valence-corrected chi connectivity index (χ1v) is 16.9. The minimum absolute atomic E-state index is 0.0344. The van der Waals surface area contributed by atoms with Crippen LogP contribution in [0.1, 0.15) is 43.4 Å². The molecule has 1 amide bonds. The second-order valence-electron chi connectivity index (χ2n) is 12.0. The number of nitrogens with zero attached hydrogens (tertiary/aromatic N) is 2. The SMILES string of the molecule is CCN(CC)c1ccc(-c2nc(-c3ccc(C(=N)CC(O)C(=O)O)cc3)c(-c3ccc(/C=C/C(=O)NCCCc4ccccc4)cc3)[nH]2)cc1. The maximum atomic E-state index is 12.4. The van der Waals surface area contributed by atoms with Crippen molar-refractivity contribution in [2.45, 2.75) is 39.2 Å². The number of nitrogens with one attached hydrogen (secondary N) is 3. The predicted octanol–water partition coefficient (Wildman–Crippen LogP) is 7.22. The Hall–Kier alpha value is -5.80. The number of carbonyl (C=O) groups excluding carboxylic acids is 1. The summed E-state index contributed by atoms with van der Waals surface area (Å²) in [5, 5.41) is 30.0. The van der Waals surface area contributed by atoms with E-state index < -0.39 is 12.1 Å². The lowest BCUT2D eigenvalue weighted by molar-refractivity contribution is -0.146. The molecule has 0 saturated carbocycles. The number of carboxylic acid groups (broad SMARTS) is 1. The standard InChI is InChI=1S/C41H43N5O4/c1-3-46(4-2)34-23-21-33(22-24-34)40-44-38(39(45-40)32-19-17-30(18-20-32)35(42)27-36(47)41(49)50)31-15-12-29(13-16-31)14-25-37(48)43-26-8-11-28-9-6-5-7-10-28/h5-7,9-10,12-25,36,42,47H,3-4,8,11,26-27H2,1-2H3,(H,43,48)(H,44,45)(H,49,50)/b25-14+,42-35?. The van der Waals surface area contributed by atoms with E-state index in [0.717, 1.165) is 65.3 Å².